The van der Waals surface area contributed by atoms with Gasteiger partial charge in [0.15, 0.2) is 5.82 Å². The highest BCUT2D eigenvalue weighted by molar-refractivity contribution is 5.37. The third-order valence-electron chi connectivity index (χ3n) is 2.75. The summed E-state index contributed by atoms with van der Waals surface area (Å²) < 4.78 is 0. The van der Waals surface area contributed by atoms with Gasteiger partial charge in [-0.3, -0.25) is 0 Å². The Balaban J connectivity index is 2.07. The van der Waals surface area contributed by atoms with Gasteiger partial charge in [-0.25, -0.2) is 0 Å². The lowest BCUT2D eigenvalue weighted by atomic mass is 10.1. The molecule has 0 unspecified atom stereocenters. The van der Waals surface area contributed by atoms with Crippen LogP contribution >= 0.6 is 0 Å². The molecule has 1 aliphatic rings. The summed E-state index contributed by atoms with van der Waals surface area (Å²) in [5.74, 6) is 1.04. The molecule has 1 aliphatic heterocycles. The summed E-state index contributed by atoms with van der Waals surface area (Å²) in [4.78, 5) is 2.33. The molecule has 2 rings (SSSR count). The number of hydrogen-bond acceptors (Lipinski definition) is 3. The maximum Gasteiger partial charge on any atom is 0.151 e. The van der Waals surface area contributed by atoms with Gasteiger partial charge < -0.3 is 4.90 Å². The molecule has 0 aliphatic carbocycles. The van der Waals surface area contributed by atoms with E-state index >= 15 is 0 Å². The van der Waals surface area contributed by atoms with Crippen LogP contribution in [0.4, 0.5) is 5.82 Å². The van der Waals surface area contributed by atoms with Crippen molar-refractivity contribution in [3.63, 3.8) is 0 Å². The molecule has 1 aromatic rings. The first kappa shape index (κ1) is 9.44. The molecular formula is C11H17N3. The molecule has 1 aromatic heterocycles. The number of nitrogens with zero attached hydrogens (tertiary/aromatic N) is 3. The van der Waals surface area contributed by atoms with Gasteiger partial charge in [-0.2, -0.15) is 5.10 Å². The number of piperidine rings is 1. The topological polar surface area (TPSA) is 29.0 Å². The van der Waals surface area contributed by atoms with Crippen LogP contribution in [0.3, 0.4) is 0 Å². The largest absolute Gasteiger partial charge is 0.355 e. The third-order valence-corrected chi connectivity index (χ3v) is 2.75. The molecule has 0 atom stereocenters. The second kappa shape index (κ2) is 4.40. The van der Waals surface area contributed by atoms with E-state index < -0.39 is 0 Å². The number of aromatic nitrogens is 2. The summed E-state index contributed by atoms with van der Waals surface area (Å²) in [6, 6.07) is 4.17. The Labute approximate surface area is 85.1 Å². The van der Waals surface area contributed by atoms with Crippen molar-refractivity contribution >= 4 is 5.82 Å². The Hall–Kier alpha value is -1.12. The maximum absolute atomic E-state index is 4.25. The van der Waals surface area contributed by atoms with Crippen molar-refractivity contribution < 1.29 is 0 Å². The molecule has 14 heavy (non-hydrogen) atoms. The predicted molar refractivity (Wildman–Crippen MR) is 57.5 cm³/mol. The van der Waals surface area contributed by atoms with E-state index in [2.05, 4.69) is 34.2 Å². The monoisotopic (exact) mass is 191 g/mol. The minimum Gasteiger partial charge on any atom is -0.355 e. The molecule has 0 saturated carbocycles. The van der Waals surface area contributed by atoms with Crippen molar-refractivity contribution in [2.75, 3.05) is 18.0 Å². The number of aryl methyl sites for hydroxylation is 1. The van der Waals surface area contributed by atoms with Gasteiger partial charge in [0.05, 0.1) is 5.69 Å². The van der Waals surface area contributed by atoms with Crippen molar-refractivity contribution in [2.45, 2.75) is 32.6 Å². The molecular weight excluding hydrogens is 174 g/mol. The van der Waals surface area contributed by atoms with Crippen molar-refractivity contribution in [1.82, 2.24) is 10.2 Å². The van der Waals surface area contributed by atoms with Crippen LogP contribution in [-0.2, 0) is 6.42 Å². The van der Waals surface area contributed by atoms with Crippen LogP contribution in [0, 0.1) is 0 Å². The molecule has 3 nitrogen and oxygen atoms in total. The zero-order chi connectivity index (χ0) is 9.80. The van der Waals surface area contributed by atoms with E-state index in [-0.39, 0.29) is 0 Å². The summed E-state index contributed by atoms with van der Waals surface area (Å²) in [7, 11) is 0. The van der Waals surface area contributed by atoms with Crippen LogP contribution in [-0.4, -0.2) is 23.3 Å². The Morgan fingerprint density at radius 2 is 1.93 bits per heavy atom. The Kier molecular flexibility index (Phi) is 2.96. The molecule has 76 valence electrons. The van der Waals surface area contributed by atoms with Gasteiger partial charge in [-0.05, 0) is 37.8 Å². The van der Waals surface area contributed by atoms with Gasteiger partial charge in [0.1, 0.15) is 0 Å². The van der Waals surface area contributed by atoms with Crippen LogP contribution in [0.5, 0.6) is 0 Å². The Morgan fingerprint density at radius 1 is 1.14 bits per heavy atom. The van der Waals surface area contributed by atoms with Gasteiger partial charge >= 0.3 is 0 Å². The molecule has 0 bridgehead atoms. The first-order valence-electron chi connectivity index (χ1n) is 5.47. The maximum atomic E-state index is 4.25. The van der Waals surface area contributed by atoms with Gasteiger partial charge in [-0.15, -0.1) is 5.10 Å². The van der Waals surface area contributed by atoms with Crippen molar-refractivity contribution in [2.24, 2.45) is 0 Å². The van der Waals surface area contributed by atoms with E-state index in [4.69, 9.17) is 0 Å². The molecule has 3 heteroatoms. The molecule has 1 saturated heterocycles. The lowest BCUT2D eigenvalue weighted by Gasteiger charge is -2.27. The average molecular weight is 191 g/mol. The van der Waals surface area contributed by atoms with Crippen LogP contribution in [0.2, 0.25) is 0 Å². The smallest absolute Gasteiger partial charge is 0.151 e. The van der Waals surface area contributed by atoms with Crippen LogP contribution < -0.4 is 4.90 Å². The standard InChI is InChI=1S/C11H17N3/c1-2-10-6-7-11(13-12-10)14-8-4-3-5-9-14/h6-7H,2-5,8-9H2,1H3. The molecule has 0 N–H and O–H groups in total. The summed E-state index contributed by atoms with van der Waals surface area (Å²) >= 11 is 0. The minimum absolute atomic E-state index is 0.966. The second-order valence-corrected chi connectivity index (χ2v) is 3.78. The molecule has 0 spiro atoms. The SMILES string of the molecule is CCc1ccc(N2CCCCC2)nn1. The molecule has 0 aromatic carbocycles. The lowest BCUT2D eigenvalue weighted by molar-refractivity contribution is 0.570. The highest BCUT2D eigenvalue weighted by Gasteiger charge is 2.11. The Bertz CT molecular complexity index is 275. The fraction of sp³-hybridized carbons (Fsp3) is 0.636. The Morgan fingerprint density at radius 3 is 2.50 bits per heavy atom. The number of anilines is 1. The van der Waals surface area contributed by atoms with Crippen molar-refractivity contribution in [1.29, 1.82) is 0 Å². The molecule has 2 heterocycles. The van der Waals surface area contributed by atoms with E-state index in [0.29, 0.717) is 0 Å². The highest BCUT2D eigenvalue weighted by Crippen LogP contribution is 2.16. The van der Waals surface area contributed by atoms with E-state index in [1.54, 1.807) is 0 Å². The molecule has 0 radical (unpaired) electrons. The fourth-order valence-electron chi connectivity index (χ4n) is 1.83. The van der Waals surface area contributed by atoms with E-state index in [1.165, 1.54) is 19.3 Å². The predicted octanol–water partition coefficient (Wildman–Crippen LogP) is 2.03. The highest BCUT2D eigenvalue weighted by atomic mass is 15.3. The first-order chi connectivity index (χ1) is 6.90. The van der Waals surface area contributed by atoms with E-state index in [0.717, 1.165) is 31.0 Å². The van der Waals surface area contributed by atoms with Crippen molar-refractivity contribution in [3.8, 4) is 0 Å². The van der Waals surface area contributed by atoms with Crippen LogP contribution in [0.15, 0.2) is 12.1 Å². The minimum atomic E-state index is 0.966. The summed E-state index contributed by atoms with van der Waals surface area (Å²) in [5.41, 5.74) is 1.07. The van der Waals surface area contributed by atoms with Gasteiger partial charge in [0.25, 0.3) is 0 Å². The van der Waals surface area contributed by atoms with Crippen molar-refractivity contribution in [3.05, 3.63) is 17.8 Å². The average Bonchev–Trinajstić information content (AvgIpc) is 2.30. The van der Waals surface area contributed by atoms with Crippen LogP contribution in [0.1, 0.15) is 31.9 Å². The van der Waals surface area contributed by atoms with Gasteiger partial charge in [-0.1, -0.05) is 6.92 Å². The molecule has 1 fully saturated rings. The quantitative estimate of drug-likeness (QED) is 0.716. The second-order valence-electron chi connectivity index (χ2n) is 3.78. The first-order valence-corrected chi connectivity index (χ1v) is 5.47. The lowest BCUT2D eigenvalue weighted by Crippen LogP contribution is -2.30. The number of hydrogen-bond donors (Lipinski definition) is 0. The zero-order valence-electron chi connectivity index (χ0n) is 8.74. The fourth-order valence-corrected chi connectivity index (χ4v) is 1.83. The van der Waals surface area contributed by atoms with Gasteiger partial charge in [0.2, 0.25) is 0 Å². The normalized spacial score (nSPS) is 17.1. The third kappa shape index (κ3) is 2.03. The van der Waals surface area contributed by atoms with E-state index in [9.17, 15) is 0 Å². The summed E-state index contributed by atoms with van der Waals surface area (Å²) in [6.45, 7) is 4.38. The zero-order valence-corrected chi connectivity index (χ0v) is 8.74. The number of rotatable bonds is 2. The van der Waals surface area contributed by atoms with E-state index in [1.807, 2.05) is 0 Å². The van der Waals surface area contributed by atoms with Gasteiger partial charge in [0, 0.05) is 13.1 Å². The molecule has 0 amide bonds. The summed E-state index contributed by atoms with van der Waals surface area (Å²) in [6.07, 6.45) is 4.90. The summed E-state index contributed by atoms with van der Waals surface area (Å²) in [5, 5.41) is 8.43. The van der Waals surface area contributed by atoms with Crippen LogP contribution in [0.25, 0.3) is 0 Å².